The number of aromatic nitrogens is 2. The Labute approximate surface area is 122 Å². The van der Waals surface area contributed by atoms with Gasteiger partial charge in [-0.1, -0.05) is 6.42 Å². The van der Waals surface area contributed by atoms with Crippen LogP contribution in [0, 0.1) is 5.92 Å². The molecule has 3 fully saturated rings. The molecule has 3 nitrogen and oxygen atoms in total. The summed E-state index contributed by atoms with van der Waals surface area (Å²) in [6.07, 6.45) is 9.44. The molecule has 102 valence electrons. The molecule has 1 aromatic heterocycles. The van der Waals surface area contributed by atoms with Crippen LogP contribution in [0.25, 0.3) is 0 Å². The number of halogens is 1. The predicted octanol–water partition coefficient (Wildman–Crippen LogP) is 3.89. The molecule has 2 heterocycles. The minimum Gasteiger partial charge on any atom is -0.353 e. The quantitative estimate of drug-likeness (QED) is 0.774. The molecule has 0 bridgehead atoms. The lowest BCUT2D eigenvalue weighted by Gasteiger charge is -2.38. The molecular weight excluding hydrogens is 302 g/mol. The number of hydrogen-bond acceptors (Lipinski definition) is 3. The lowest BCUT2D eigenvalue weighted by Crippen LogP contribution is -2.43. The fraction of sp³-hybridized carbons (Fsp3) is 0.733. The molecule has 19 heavy (non-hydrogen) atoms. The molecule has 2 unspecified atom stereocenters. The second kappa shape index (κ2) is 4.72. The zero-order valence-corrected chi connectivity index (χ0v) is 12.8. The van der Waals surface area contributed by atoms with Crippen molar-refractivity contribution in [1.29, 1.82) is 0 Å². The second-order valence-corrected chi connectivity index (χ2v) is 7.09. The molecule has 3 aliphatic rings. The summed E-state index contributed by atoms with van der Waals surface area (Å²) in [5, 5.41) is 0. The zero-order valence-electron chi connectivity index (χ0n) is 11.2. The van der Waals surface area contributed by atoms with Crippen molar-refractivity contribution >= 4 is 21.7 Å². The van der Waals surface area contributed by atoms with E-state index in [1.807, 2.05) is 0 Å². The van der Waals surface area contributed by atoms with Crippen LogP contribution in [0.1, 0.15) is 56.7 Å². The van der Waals surface area contributed by atoms with Crippen LogP contribution in [0.5, 0.6) is 0 Å². The van der Waals surface area contributed by atoms with Gasteiger partial charge in [-0.15, -0.1) is 0 Å². The van der Waals surface area contributed by atoms with Crippen LogP contribution in [-0.4, -0.2) is 22.6 Å². The van der Waals surface area contributed by atoms with Crippen molar-refractivity contribution in [3.8, 4) is 0 Å². The largest absolute Gasteiger partial charge is 0.353 e. The van der Waals surface area contributed by atoms with E-state index in [9.17, 15) is 0 Å². The lowest BCUT2D eigenvalue weighted by molar-refractivity contribution is 0.360. The van der Waals surface area contributed by atoms with Gasteiger partial charge in [-0.05, 0) is 60.4 Å². The van der Waals surface area contributed by atoms with Gasteiger partial charge in [-0.2, -0.15) is 0 Å². The number of anilines is 1. The summed E-state index contributed by atoms with van der Waals surface area (Å²) in [4.78, 5) is 12.0. The monoisotopic (exact) mass is 321 g/mol. The van der Waals surface area contributed by atoms with Gasteiger partial charge in [0.25, 0.3) is 0 Å². The van der Waals surface area contributed by atoms with Gasteiger partial charge in [0.2, 0.25) is 0 Å². The Morgan fingerprint density at radius 3 is 2.74 bits per heavy atom. The summed E-state index contributed by atoms with van der Waals surface area (Å²) in [6, 6.07) is 2.86. The average Bonchev–Trinajstić information content (AvgIpc) is 3.15. The molecular formula is C15H20BrN3. The van der Waals surface area contributed by atoms with Gasteiger partial charge in [0.15, 0.2) is 0 Å². The normalized spacial score (nSPS) is 30.5. The molecule has 0 aromatic carbocycles. The van der Waals surface area contributed by atoms with Crippen LogP contribution in [0.4, 0.5) is 5.82 Å². The number of rotatable bonds is 2. The summed E-state index contributed by atoms with van der Waals surface area (Å²) in [6.45, 7) is 1.18. The van der Waals surface area contributed by atoms with E-state index in [2.05, 4.69) is 31.9 Å². The summed E-state index contributed by atoms with van der Waals surface area (Å²) in [5.41, 5.74) is 0. The SMILES string of the molecule is Brc1cc(N2CCCC3CCCC32)nc(C2CC2)n1. The van der Waals surface area contributed by atoms with Gasteiger partial charge < -0.3 is 4.90 Å². The summed E-state index contributed by atoms with van der Waals surface area (Å²) in [5.74, 6) is 3.76. The molecule has 4 rings (SSSR count). The molecule has 1 aromatic rings. The van der Waals surface area contributed by atoms with E-state index in [1.165, 1.54) is 57.3 Å². The van der Waals surface area contributed by atoms with Gasteiger partial charge in [0, 0.05) is 24.6 Å². The predicted molar refractivity (Wildman–Crippen MR) is 79.4 cm³/mol. The van der Waals surface area contributed by atoms with Crippen molar-refractivity contribution < 1.29 is 0 Å². The van der Waals surface area contributed by atoms with E-state index in [4.69, 9.17) is 4.98 Å². The molecule has 4 heteroatoms. The maximum atomic E-state index is 4.86. The van der Waals surface area contributed by atoms with Gasteiger partial charge in [-0.25, -0.2) is 9.97 Å². The van der Waals surface area contributed by atoms with Gasteiger partial charge >= 0.3 is 0 Å². The van der Waals surface area contributed by atoms with Gasteiger partial charge in [0.1, 0.15) is 16.2 Å². The third kappa shape index (κ3) is 2.28. The fourth-order valence-electron chi connectivity index (χ4n) is 3.83. The molecule has 0 radical (unpaired) electrons. The number of hydrogen-bond donors (Lipinski definition) is 0. The van der Waals surface area contributed by atoms with Crippen LogP contribution < -0.4 is 4.90 Å². The van der Waals surface area contributed by atoms with E-state index in [0.717, 1.165) is 22.4 Å². The topological polar surface area (TPSA) is 29.0 Å². The highest BCUT2D eigenvalue weighted by Crippen LogP contribution is 2.41. The number of fused-ring (bicyclic) bond motifs is 1. The Balaban J connectivity index is 1.66. The van der Waals surface area contributed by atoms with E-state index >= 15 is 0 Å². The van der Waals surface area contributed by atoms with E-state index in [1.54, 1.807) is 0 Å². The van der Waals surface area contributed by atoms with Crippen molar-refractivity contribution in [2.45, 2.75) is 56.9 Å². The Kier molecular flexibility index (Phi) is 3.02. The summed E-state index contributed by atoms with van der Waals surface area (Å²) < 4.78 is 0.958. The van der Waals surface area contributed by atoms with E-state index in [0.29, 0.717) is 5.92 Å². The lowest BCUT2D eigenvalue weighted by atomic mass is 9.92. The first-order chi connectivity index (χ1) is 9.31. The number of piperidine rings is 1. The molecule has 0 amide bonds. The molecule has 2 saturated carbocycles. The Bertz CT molecular complexity index is 486. The van der Waals surface area contributed by atoms with Gasteiger partial charge in [-0.3, -0.25) is 0 Å². The minimum atomic E-state index is 0.625. The van der Waals surface area contributed by atoms with E-state index < -0.39 is 0 Å². The van der Waals surface area contributed by atoms with Crippen molar-refractivity contribution in [3.63, 3.8) is 0 Å². The second-order valence-electron chi connectivity index (χ2n) is 6.28. The smallest absolute Gasteiger partial charge is 0.135 e. The fourth-order valence-corrected chi connectivity index (χ4v) is 4.22. The Morgan fingerprint density at radius 2 is 1.89 bits per heavy atom. The van der Waals surface area contributed by atoms with Crippen molar-refractivity contribution in [2.75, 3.05) is 11.4 Å². The van der Waals surface area contributed by atoms with E-state index in [-0.39, 0.29) is 0 Å². The standard InChI is InChI=1S/C15H20BrN3/c16-13-9-14(18-15(17-13)11-6-7-11)19-8-2-4-10-3-1-5-12(10)19/h9-12H,1-8H2. The van der Waals surface area contributed by atoms with Crippen molar-refractivity contribution in [3.05, 3.63) is 16.5 Å². The molecule has 2 aliphatic carbocycles. The Morgan fingerprint density at radius 1 is 1.05 bits per heavy atom. The summed E-state index contributed by atoms with van der Waals surface area (Å²) >= 11 is 3.57. The third-order valence-corrected chi connectivity index (χ3v) is 5.33. The molecule has 1 aliphatic heterocycles. The van der Waals surface area contributed by atoms with Crippen LogP contribution in [0.3, 0.4) is 0 Å². The first-order valence-electron chi connectivity index (χ1n) is 7.62. The zero-order chi connectivity index (χ0) is 12.8. The molecule has 1 saturated heterocycles. The number of nitrogens with zero attached hydrogens (tertiary/aromatic N) is 3. The maximum Gasteiger partial charge on any atom is 0.135 e. The first-order valence-corrected chi connectivity index (χ1v) is 8.42. The highest BCUT2D eigenvalue weighted by atomic mass is 79.9. The molecule has 0 N–H and O–H groups in total. The highest BCUT2D eigenvalue weighted by Gasteiger charge is 2.36. The molecule has 0 spiro atoms. The highest BCUT2D eigenvalue weighted by molar-refractivity contribution is 9.10. The maximum absolute atomic E-state index is 4.86. The van der Waals surface area contributed by atoms with Crippen LogP contribution in [0.2, 0.25) is 0 Å². The van der Waals surface area contributed by atoms with Crippen LogP contribution >= 0.6 is 15.9 Å². The van der Waals surface area contributed by atoms with Crippen LogP contribution in [-0.2, 0) is 0 Å². The third-order valence-electron chi connectivity index (χ3n) is 4.93. The van der Waals surface area contributed by atoms with Crippen molar-refractivity contribution in [2.24, 2.45) is 5.92 Å². The average molecular weight is 322 g/mol. The minimum absolute atomic E-state index is 0.625. The van der Waals surface area contributed by atoms with Crippen molar-refractivity contribution in [1.82, 2.24) is 9.97 Å². The molecule has 2 atom stereocenters. The Hall–Kier alpha value is -0.640. The first kappa shape index (κ1) is 12.1. The van der Waals surface area contributed by atoms with Gasteiger partial charge in [0.05, 0.1) is 0 Å². The van der Waals surface area contributed by atoms with Crippen LogP contribution in [0.15, 0.2) is 10.7 Å². The summed E-state index contributed by atoms with van der Waals surface area (Å²) in [7, 11) is 0.